The van der Waals surface area contributed by atoms with Crippen molar-refractivity contribution in [3.8, 4) is 0 Å². The number of carbonyl (C=O) groups is 1. The van der Waals surface area contributed by atoms with Crippen LogP contribution in [0.4, 0.5) is 5.69 Å². The van der Waals surface area contributed by atoms with Crippen LogP contribution in [-0.2, 0) is 9.84 Å². The molecule has 108 valence electrons. The summed E-state index contributed by atoms with van der Waals surface area (Å²) in [4.78, 5) is 16.1. The highest BCUT2D eigenvalue weighted by Crippen LogP contribution is 2.24. The minimum Gasteiger partial charge on any atom is -0.381 e. The van der Waals surface area contributed by atoms with Gasteiger partial charge in [0.25, 0.3) is 5.91 Å². The second kappa shape index (κ2) is 5.05. The lowest BCUT2D eigenvalue weighted by Gasteiger charge is -2.11. The standard InChI is InChI=1S/C13H17N3O3S/c17-13(16-11-3-4-20(18,19)8-11)9-5-12(7-14-6-9)15-10-1-2-10/h5-7,10-11,15H,1-4,8H2,(H,16,17). The molecule has 1 saturated carbocycles. The fourth-order valence-corrected chi connectivity index (χ4v) is 3.96. The SMILES string of the molecule is O=C(NC1CCS(=O)(=O)C1)c1cncc(NC2CC2)c1. The van der Waals surface area contributed by atoms with Crippen LogP contribution >= 0.6 is 0 Å². The zero-order chi connectivity index (χ0) is 14.2. The summed E-state index contributed by atoms with van der Waals surface area (Å²) in [5, 5.41) is 6.04. The number of hydrogen-bond donors (Lipinski definition) is 2. The number of carbonyl (C=O) groups excluding carboxylic acids is 1. The second-order valence-corrected chi connectivity index (χ2v) is 7.68. The number of aromatic nitrogens is 1. The van der Waals surface area contributed by atoms with Crippen molar-refractivity contribution in [2.45, 2.75) is 31.3 Å². The molecule has 0 bridgehead atoms. The molecule has 20 heavy (non-hydrogen) atoms. The number of rotatable bonds is 4. The van der Waals surface area contributed by atoms with Crippen LogP contribution in [0.1, 0.15) is 29.6 Å². The van der Waals surface area contributed by atoms with E-state index in [2.05, 4.69) is 15.6 Å². The minimum absolute atomic E-state index is 0.0339. The molecule has 1 atom stereocenters. The molecule has 0 aromatic carbocycles. The van der Waals surface area contributed by atoms with Crippen molar-refractivity contribution in [2.75, 3.05) is 16.8 Å². The Morgan fingerprint density at radius 3 is 2.65 bits per heavy atom. The van der Waals surface area contributed by atoms with E-state index < -0.39 is 9.84 Å². The van der Waals surface area contributed by atoms with Crippen LogP contribution < -0.4 is 10.6 Å². The zero-order valence-electron chi connectivity index (χ0n) is 11.0. The van der Waals surface area contributed by atoms with Gasteiger partial charge in [-0.05, 0) is 25.3 Å². The van der Waals surface area contributed by atoms with Crippen molar-refractivity contribution in [2.24, 2.45) is 0 Å². The van der Waals surface area contributed by atoms with E-state index in [9.17, 15) is 13.2 Å². The number of pyridine rings is 1. The number of sulfone groups is 1. The highest BCUT2D eigenvalue weighted by atomic mass is 32.2. The van der Waals surface area contributed by atoms with E-state index in [1.807, 2.05) is 0 Å². The van der Waals surface area contributed by atoms with Gasteiger partial charge in [0.2, 0.25) is 0 Å². The molecule has 1 saturated heterocycles. The Labute approximate surface area is 117 Å². The van der Waals surface area contributed by atoms with Crippen LogP contribution in [0.15, 0.2) is 18.5 Å². The molecule has 7 heteroatoms. The van der Waals surface area contributed by atoms with E-state index in [1.165, 1.54) is 6.20 Å². The third kappa shape index (κ3) is 3.27. The molecule has 6 nitrogen and oxygen atoms in total. The highest BCUT2D eigenvalue weighted by molar-refractivity contribution is 7.91. The fraction of sp³-hybridized carbons (Fsp3) is 0.538. The van der Waals surface area contributed by atoms with Crippen molar-refractivity contribution in [3.05, 3.63) is 24.0 Å². The smallest absolute Gasteiger partial charge is 0.253 e. The van der Waals surface area contributed by atoms with E-state index in [0.29, 0.717) is 18.0 Å². The Morgan fingerprint density at radius 1 is 1.20 bits per heavy atom. The summed E-state index contributed by atoms with van der Waals surface area (Å²) in [6, 6.07) is 1.96. The highest BCUT2D eigenvalue weighted by Gasteiger charge is 2.29. The van der Waals surface area contributed by atoms with Crippen LogP contribution in [0, 0.1) is 0 Å². The summed E-state index contributed by atoms with van der Waals surface area (Å²) in [5.41, 5.74) is 1.29. The van der Waals surface area contributed by atoms with Gasteiger partial charge in [0.1, 0.15) is 0 Å². The van der Waals surface area contributed by atoms with Crippen molar-refractivity contribution in [1.29, 1.82) is 0 Å². The van der Waals surface area contributed by atoms with E-state index in [-0.39, 0.29) is 23.5 Å². The first-order valence-corrected chi connectivity index (χ1v) is 8.57. The van der Waals surface area contributed by atoms with E-state index in [4.69, 9.17) is 0 Å². The molecular weight excluding hydrogens is 278 g/mol. The van der Waals surface area contributed by atoms with Gasteiger partial charge in [-0.2, -0.15) is 0 Å². The van der Waals surface area contributed by atoms with Gasteiger partial charge < -0.3 is 10.6 Å². The van der Waals surface area contributed by atoms with Crippen LogP contribution in [0.2, 0.25) is 0 Å². The lowest BCUT2D eigenvalue weighted by Crippen LogP contribution is -2.35. The number of nitrogens with zero attached hydrogens (tertiary/aromatic N) is 1. The molecule has 2 heterocycles. The number of nitrogens with one attached hydrogen (secondary N) is 2. The normalized spacial score (nSPS) is 24.3. The average Bonchev–Trinajstić information content (AvgIpc) is 3.14. The van der Waals surface area contributed by atoms with Gasteiger partial charge >= 0.3 is 0 Å². The Bertz CT molecular complexity index is 626. The topological polar surface area (TPSA) is 88.2 Å². The molecular formula is C13H17N3O3S. The average molecular weight is 295 g/mol. The van der Waals surface area contributed by atoms with Crippen molar-refractivity contribution in [3.63, 3.8) is 0 Å². The maximum Gasteiger partial charge on any atom is 0.253 e. The summed E-state index contributed by atoms with van der Waals surface area (Å²) in [5.74, 6) is -0.0786. The Hall–Kier alpha value is -1.63. The van der Waals surface area contributed by atoms with Gasteiger partial charge in [0, 0.05) is 24.5 Å². The molecule has 1 aliphatic heterocycles. The summed E-state index contributed by atoms with van der Waals surface area (Å²) >= 11 is 0. The second-order valence-electron chi connectivity index (χ2n) is 5.45. The molecule has 2 N–H and O–H groups in total. The monoisotopic (exact) mass is 295 g/mol. The largest absolute Gasteiger partial charge is 0.381 e. The molecule has 1 aliphatic carbocycles. The Balaban J connectivity index is 1.64. The first-order valence-electron chi connectivity index (χ1n) is 6.75. The lowest BCUT2D eigenvalue weighted by atomic mass is 10.2. The number of anilines is 1. The summed E-state index contributed by atoms with van der Waals surface area (Å²) in [6.07, 6.45) is 5.97. The molecule has 1 amide bonds. The maximum absolute atomic E-state index is 12.1. The van der Waals surface area contributed by atoms with Crippen molar-refractivity contribution >= 4 is 21.4 Å². The third-order valence-corrected chi connectivity index (χ3v) is 5.28. The fourth-order valence-electron chi connectivity index (χ4n) is 2.28. The molecule has 0 spiro atoms. The van der Waals surface area contributed by atoms with E-state index >= 15 is 0 Å². The summed E-state index contributed by atoms with van der Waals surface area (Å²) in [7, 11) is -2.98. The Kier molecular flexibility index (Phi) is 3.37. The zero-order valence-corrected chi connectivity index (χ0v) is 11.8. The number of hydrogen-bond acceptors (Lipinski definition) is 5. The molecule has 2 fully saturated rings. The predicted molar refractivity (Wildman–Crippen MR) is 75.4 cm³/mol. The van der Waals surface area contributed by atoms with Gasteiger partial charge in [0.05, 0.1) is 22.8 Å². The van der Waals surface area contributed by atoms with E-state index in [1.54, 1.807) is 12.3 Å². The summed E-state index contributed by atoms with van der Waals surface area (Å²) in [6.45, 7) is 0. The number of amides is 1. The Morgan fingerprint density at radius 2 is 2.00 bits per heavy atom. The summed E-state index contributed by atoms with van der Waals surface area (Å²) < 4.78 is 22.7. The van der Waals surface area contributed by atoms with Gasteiger partial charge in [-0.3, -0.25) is 9.78 Å². The first-order chi connectivity index (χ1) is 9.52. The first kappa shape index (κ1) is 13.4. The predicted octanol–water partition coefficient (Wildman–Crippen LogP) is 0.573. The van der Waals surface area contributed by atoms with Crippen molar-refractivity contribution < 1.29 is 13.2 Å². The van der Waals surface area contributed by atoms with E-state index in [0.717, 1.165) is 18.5 Å². The van der Waals surface area contributed by atoms with Gasteiger partial charge in [0.15, 0.2) is 9.84 Å². The lowest BCUT2D eigenvalue weighted by molar-refractivity contribution is 0.0941. The molecule has 1 aromatic rings. The molecule has 1 aromatic heterocycles. The van der Waals surface area contributed by atoms with Crippen LogP contribution in [-0.4, -0.2) is 42.9 Å². The third-order valence-electron chi connectivity index (χ3n) is 3.52. The molecule has 2 aliphatic rings. The van der Waals surface area contributed by atoms with Gasteiger partial charge in [-0.25, -0.2) is 8.42 Å². The molecule has 1 unspecified atom stereocenters. The van der Waals surface area contributed by atoms with Crippen LogP contribution in [0.3, 0.4) is 0 Å². The minimum atomic E-state index is -2.98. The van der Waals surface area contributed by atoms with Gasteiger partial charge in [-0.1, -0.05) is 0 Å². The van der Waals surface area contributed by atoms with Crippen molar-refractivity contribution in [1.82, 2.24) is 10.3 Å². The van der Waals surface area contributed by atoms with Crippen LogP contribution in [0.25, 0.3) is 0 Å². The maximum atomic E-state index is 12.1. The molecule has 3 rings (SSSR count). The molecule has 0 radical (unpaired) electrons. The quantitative estimate of drug-likeness (QED) is 0.848. The van der Waals surface area contributed by atoms with Crippen LogP contribution in [0.5, 0.6) is 0 Å². The van der Waals surface area contributed by atoms with Gasteiger partial charge in [-0.15, -0.1) is 0 Å².